The lowest BCUT2D eigenvalue weighted by atomic mass is 9.96. The molecule has 0 N–H and O–H groups in total. The number of aromatic nitrogens is 1. The monoisotopic (exact) mass is 477 g/mol. The molecule has 0 aliphatic carbocycles. The topological polar surface area (TPSA) is 21.4 Å². The van der Waals surface area contributed by atoms with Gasteiger partial charge >= 0.3 is 0 Å². The van der Waals surface area contributed by atoms with E-state index in [1.807, 2.05) is 18.2 Å². The molecule has 0 aliphatic heterocycles. The Morgan fingerprint density at radius 1 is 0.914 bits per heavy atom. The van der Waals surface area contributed by atoms with E-state index in [4.69, 9.17) is 11.0 Å². The second-order valence-electron chi connectivity index (χ2n) is 11.4. The molecule has 0 fully saturated rings. The highest BCUT2D eigenvalue weighted by Gasteiger charge is 2.37. The lowest BCUT2D eigenvalue weighted by Gasteiger charge is -2.37. The SMILES string of the molecule is [C-]#[N+]c1ccc2c(c1)oc1c(-c3ccc4cc([Si](C)(C)C(C)(C)C)ccc4[n+]3C)c(C)c(C)cc12. The van der Waals surface area contributed by atoms with Crippen molar-refractivity contribution in [1.29, 1.82) is 0 Å². The average molecular weight is 478 g/mol. The van der Waals surface area contributed by atoms with Crippen LogP contribution in [0.5, 0.6) is 0 Å². The summed E-state index contributed by atoms with van der Waals surface area (Å²) in [7, 11) is 0.532. The Morgan fingerprint density at radius 3 is 2.34 bits per heavy atom. The van der Waals surface area contributed by atoms with Crippen LogP contribution < -0.4 is 9.75 Å². The molecule has 35 heavy (non-hydrogen) atoms. The Bertz CT molecular complexity index is 1690. The quantitative estimate of drug-likeness (QED) is 0.143. The van der Waals surface area contributed by atoms with Gasteiger partial charge in [-0.2, -0.15) is 4.57 Å². The number of aryl methyl sites for hydroxylation is 2. The maximum absolute atomic E-state index is 7.37. The van der Waals surface area contributed by atoms with E-state index in [1.54, 1.807) is 0 Å². The molecule has 0 atom stereocenters. The van der Waals surface area contributed by atoms with Gasteiger partial charge < -0.3 is 4.42 Å². The van der Waals surface area contributed by atoms with Crippen molar-refractivity contribution in [1.82, 2.24) is 0 Å². The molecule has 176 valence electrons. The predicted molar refractivity (Wildman–Crippen MR) is 150 cm³/mol. The normalized spacial score (nSPS) is 12.5. The van der Waals surface area contributed by atoms with Crippen molar-refractivity contribution < 1.29 is 8.98 Å². The van der Waals surface area contributed by atoms with Crippen molar-refractivity contribution in [3.05, 3.63) is 77.1 Å². The van der Waals surface area contributed by atoms with E-state index in [-0.39, 0.29) is 0 Å². The summed E-state index contributed by atoms with van der Waals surface area (Å²) >= 11 is 0. The van der Waals surface area contributed by atoms with E-state index in [0.717, 1.165) is 33.2 Å². The van der Waals surface area contributed by atoms with Gasteiger partial charge in [0.2, 0.25) is 11.2 Å². The molecule has 0 aliphatic rings. The van der Waals surface area contributed by atoms with Gasteiger partial charge in [-0.25, -0.2) is 4.85 Å². The Morgan fingerprint density at radius 2 is 1.66 bits per heavy atom. The molecular weight excluding hydrogens is 444 g/mol. The van der Waals surface area contributed by atoms with Gasteiger partial charge in [-0.3, -0.25) is 0 Å². The minimum atomic E-state index is -1.62. The standard InChI is InChI=1S/C31H33N2OSi/c1-19-16-25-24-13-11-22(32-6)18-28(24)34-30(25)29(20(19)2)27-14-10-21-17-23(12-15-26(21)33(27)7)35(8,9)31(3,4)5/h10-18H,1-5,7-9H3/q+1. The molecule has 0 unspecified atom stereocenters. The van der Waals surface area contributed by atoms with Crippen LogP contribution in [0, 0.1) is 20.4 Å². The van der Waals surface area contributed by atoms with Crippen molar-refractivity contribution in [3.8, 4) is 11.3 Å². The van der Waals surface area contributed by atoms with Crippen LogP contribution in [0.1, 0.15) is 31.9 Å². The first-order valence-electron chi connectivity index (χ1n) is 12.2. The Labute approximate surface area is 208 Å². The van der Waals surface area contributed by atoms with Crippen LogP contribution >= 0.6 is 0 Å². The summed E-state index contributed by atoms with van der Waals surface area (Å²) in [6.07, 6.45) is 0. The first kappa shape index (κ1) is 23.3. The molecule has 3 nitrogen and oxygen atoms in total. The fraction of sp³-hybridized carbons (Fsp3) is 0.290. The van der Waals surface area contributed by atoms with Crippen molar-refractivity contribution in [2.45, 2.75) is 52.8 Å². The molecule has 0 spiro atoms. The lowest BCUT2D eigenvalue weighted by molar-refractivity contribution is -0.633. The molecule has 0 bridgehead atoms. The molecule has 5 rings (SSSR count). The number of pyridine rings is 1. The number of nitrogens with zero attached hydrogens (tertiary/aromatic N) is 2. The van der Waals surface area contributed by atoms with E-state index in [0.29, 0.717) is 10.7 Å². The van der Waals surface area contributed by atoms with Crippen LogP contribution in [-0.4, -0.2) is 8.07 Å². The average Bonchev–Trinajstić information content (AvgIpc) is 3.16. The van der Waals surface area contributed by atoms with Gasteiger partial charge in [0.15, 0.2) is 5.69 Å². The summed E-state index contributed by atoms with van der Waals surface area (Å²) in [5, 5.41) is 5.21. The van der Waals surface area contributed by atoms with E-state index in [2.05, 4.69) is 101 Å². The van der Waals surface area contributed by atoms with E-state index < -0.39 is 8.07 Å². The summed E-state index contributed by atoms with van der Waals surface area (Å²) < 4.78 is 8.73. The summed E-state index contributed by atoms with van der Waals surface area (Å²) in [6.45, 7) is 23.8. The second kappa shape index (κ2) is 7.80. The molecule has 0 radical (unpaired) electrons. The minimum absolute atomic E-state index is 0.293. The number of hydrogen-bond acceptors (Lipinski definition) is 1. The van der Waals surface area contributed by atoms with Crippen LogP contribution in [0.3, 0.4) is 0 Å². The smallest absolute Gasteiger partial charge is 0.216 e. The zero-order chi connectivity index (χ0) is 25.3. The van der Waals surface area contributed by atoms with E-state index in [9.17, 15) is 0 Å². The molecule has 0 amide bonds. The van der Waals surface area contributed by atoms with Crippen molar-refractivity contribution >= 4 is 51.8 Å². The number of furan rings is 1. The van der Waals surface area contributed by atoms with Crippen LogP contribution in [0.4, 0.5) is 5.69 Å². The number of fused-ring (bicyclic) bond motifs is 4. The van der Waals surface area contributed by atoms with E-state index in [1.165, 1.54) is 27.2 Å². The Balaban J connectivity index is 1.77. The highest BCUT2D eigenvalue weighted by molar-refractivity contribution is 6.92. The van der Waals surface area contributed by atoms with Gasteiger partial charge in [-0.1, -0.05) is 57.3 Å². The largest absolute Gasteiger partial charge is 0.456 e. The number of benzene rings is 3. The van der Waals surface area contributed by atoms with Gasteiger partial charge in [0.1, 0.15) is 18.2 Å². The highest BCUT2D eigenvalue weighted by atomic mass is 28.3. The highest BCUT2D eigenvalue weighted by Crippen LogP contribution is 2.40. The zero-order valence-corrected chi connectivity index (χ0v) is 23.0. The Hall–Kier alpha value is -3.42. The molecule has 3 aromatic carbocycles. The van der Waals surface area contributed by atoms with Gasteiger partial charge in [0.05, 0.1) is 20.2 Å². The van der Waals surface area contributed by atoms with E-state index >= 15 is 0 Å². The third-order valence-corrected chi connectivity index (χ3v) is 13.9. The third kappa shape index (κ3) is 3.49. The number of hydrogen-bond donors (Lipinski definition) is 0. The molecular formula is C31H33N2OSi+. The van der Waals surface area contributed by atoms with Gasteiger partial charge in [0, 0.05) is 28.3 Å². The second-order valence-corrected chi connectivity index (χ2v) is 16.7. The van der Waals surface area contributed by atoms with Crippen molar-refractivity contribution in [2.75, 3.05) is 0 Å². The number of rotatable bonds is 2. The lowest BCUT2D eigenvalue weighted by Crippen LogP contribution is -2.49. The molecule has 5 aromatic rings. The third-order valence-electron chi connectivity index (χ3n) is 8.42. The summed E-state index contributed by atoms with van der Waals surface area (Å²) in [5.74, 6) is 0. The predicted octanol–water partition coefficient (Wildman–Crippen LogP) is 8.11. The molecule has 2 heterocycles. The summed E-state index contributed by atoms with van der Waals surface area (Å²) in [5.41, 5.74) is 8.17. The zero-order valence-electron chi connectivity index (χ0n) is 22.0. The molecule has 4 heteroatoms. The first-order valence-corrected chi connectivity index (χ1v) is 15.2. The fourth-order valence-corrected chi connectivity index (χ4v) is 6.86. The first-order chi connectivity index (χ1) is 16.4. The minimum Gasteiger partial charge on any atom is -0.456 e. The molecule has 2 aromatic heterocycles. The molecule has 0 saturated carbocycles. The van der Waals surface area contributed by atoms with Gasteiger partial charge in [-0.05, 0) is 54.3 Å². The van der Waals surface area contributed by atoms with Gasteiger partial charge in [0.25, 0.3) is 0 Å². The fourth-order valence-electron chi connectivity index (χ4n) is 4.98. The van der Waals surface area contributed by atoms with Crippen molar-refractivity contribution in [2.24, 2.45) is 7.05 Å². The maximum atomic E-state index is 7.37. The maximum Gasteiger partial charge on any atom is 0.216 e. The van der Waals surface area contributed by atoms with Crippen LogP contribution in [0.25, 0.3) is 48.9 Å². The van der Waals surface area contributed by atoms with Crippen LogP contribution in [0.2, 0.25) is 18.1 Å². The van der Waals surface area contributed by atoms with Crippen LogP contribution in [-0.2, 0) is 7.05 Å². The van der Waals surface area contributed by atoms with Crippen molar-refractivity contribution in [3.63, 3.8) is 0 Å². The Kier molecular flexibility index (Phi) is 5.20. The summed E-state index contributed by atoms with van der Waals surface area (Å²) in [6, 6.07) is 19.5. The summed E-state index contributed by atoms with van der Waals surface area (Å²) in [4.78, 5) is 3.58. The van der Waals surface area contributed by atoms with Crippen LogP contribution in [0.15, 0.2) is 59.0 Å². The van der Waals surface area contributed by atoms with Gasteiger partial charge in [-0.15, -0.1) is 0 Å². The molecule has 0 saturated heterocycles.